The molecule has 2 heterocycles. The lowest BCUT2D eigenvalue weighted by Crippen LogP contribution is -2.28. The van der Waals surface area contributed by atoms with E-state index in [1.54, 1.807) is 0 Å². The molecular weight excluding hydrogens is 308 g/mol. The van der Waals surface area contributed by atoms with Gasteiger partial charge in [-0.1, -0.05) is 38.7 Å². The molecule has 0 bridgehead atoms. The molecule has 3 aliphatic rings. The Hall–Kier alpha value is -0.910. The molecule has 3 fully saturated rings. The maximum Gasteiger partial charge on any atom is 0.306 e. The van der Waals surface area contributed by atoms with Gasteiger partial charge in [-0.05, 0) is 12.5 Å². The van der Waals surface area contributed by atoms with Crippen LogP contribution in [-0.2, 0) is 19.0 Å². The Kier molecular flexibility index (Phi) is 5.95. The van der Waals surface area contributed by atoms with Crippen LogP contribution >= 0.6 is 0 Å². The van der Waals surface area contributed by atoms with E-state index in [2.05, 4.69) is 6.92 Å². The summed E-state index contributed by atoms with van der Waals surface area (Å²) in [6.07, 6.45) is 11.2. The number of carbonyl (C=O) groups excluding carboxylic acids is 1. The molecule has 1 saturated carbocycles. The summed E-state index contributed by atoms with van der Waals surface area (Å²) in [7, 11) is 0. The largest absolute Gasteiger partial charge is 0.462 e. The highest BCUT2D eigenvalue weighted by Crippen LogP contribution is 2.42. The quantitative estimate of drug-likeness (QED) is 0.419. The lowest BCUT2D eigenvalue weighted by molar-refractivity contribution is -0.141. The first-order valence-electron chi connectivity index (χ1n) is 9.48. The predicted molar refractivity (Wildman–Crippen MR) is 89.3 cm³/mol. The van der Waals surface area contributed by atoms with Gasteiger partial charge in [0.15, 0.2) is 5.79 Å². The number of carbonyl (C=O) groups is 1. The number of aliphatic hydroxyl groups excluding tert-OH is 1. The summed E-state index contributed by atoms with van der Waals surface area (Å²) in [5.41, 5.74) is 0. The van der Waals surface area contributed by atoms with Gasteiger partial charge in [-0.3, -0.25) is 4.79 Å². The average molecular weight is 338 g/mol. The Balaban J connectivity index is 1.58. The molecule has 0 radical (unpaired) electrons. The van der Waals surface area contributed by atoms with E-state index >= 15 is 0 Å². The van der Waals surface area contributed by atoms with Crippen molar-refractivity contribution in [2.45, 2.75) is 76.3 Å². The molecule has 0 aromatic heterocycles. The van der Waals surface area contributed by atoms with Gasteiger partial charge in [0.05, 0.1) is 25.7 Å². The molecule has 1 aliphatic carbocycles. The van der Waals surface area contributed by atoms with Crippen LogP contribution in [0.25, 0.3) is 0 Å². The normalized spacial score (nSPS) is 34.8. The second-order valence-corrected chi connectivity index (χ2v) is 7.31. The second-order valence-electron chi connectivity index (χ2n) is 7.31. The van der Waals surface area contributed by atoms with Crippen molar-refractivity contribution in [3.63, 3.8) is 0 Å². The number of unbranched alkanes of at least 4 members (excludes halogenated alkanes) is 4. The van der Waals surface area contributed by atoms with E-state index in [1.165, 1.54) is 25.7 Å². The molecule has 5 nitrogen and oxygen atoms in total. The monoisotopic (exact) mass is 338 g/mol. The predicted octanol–water partition coefficient (Wildman–Crippen LogP) is 2.96. The molecule has 0 unspecified atom stereocenters. The van der Waals surface area contributed by atoms with E-state index in [0.29, 0.717) is 26.1 Å². The Morgan fingerprint density at radius 3 is 2.71 bits per heavy atom. The van der Waals surface area contributed by atoms with Gasteiger partial charge < -0.3 is 19.3 Å². The molecule has 2 aliphatic heterocycles. The highest BCUT2D eigenvalue weighted by Gasteiger charge is 2.49. The number of ether oxygens (including phenoxy) is 3. The smallest absolute Gasteiger partial charge is 0.306 e. The van der Waals surface area contributed by atoms with E-state index in [0.717, 1.165) is 12.8 Å². The van der Waals surface area contributed by atoms with Crippen molar-refractivity contribution in [3.05, 3.63) is 12.2 Å². The summed E-state index contributed by atoms with van der Waals surface area (Å²) in [5, 5.41) is 10.3. The van der Waals surface area contributed by atoms with Crippen LogP contribution in [0, 0.1) is 11.8 Å². The minimum atomic E-state index is -0.645. The highest BCUT2D eigenvalue weighted by atomic mass is 16.7. The first kappa shape index (κ1) is 17.9. The van der Waals surface area contributed by atoms with E-state index in [4.69, 9.17) is 14.2 Å². The molecule has 5 heteroatoms. The topological polar surface area (TPSA) is 65.0 Å². The van der Waals surface area contributed by atoms with Crippen LogP contribution in [0.2, 0.25) is 0 Å². The average Bonchev–Trinajstić information content (AvgIpc) is 3.21. The maximum absolute atomic E-state index is 11.5. The number of rotatable bonds is 8. The van der Waals surface area contributed by atoms with E-state index < -0.39 is 11.9 Å². The maximum atomic E-state index is 11.5. The number of fused-ring (bicyclic) bond motifs is 1. The molecule has 0 spiro atoms. The molecule has 24 heavy (non-hydrogen) atoms. The van der Waals surface area contributed by atoms with Crippen LogP contribution in [-0.4, -0.2) is 42.3 Å². The fraction of sp³-hybridized carbons (Fsp3) is 0.842. The lowest BCUT2D eigenvalue weighted by atomic mass is 9.91. The van der Waals surface area contributed by atoms with Crippen LogP contribution in [0.1, 0.15) is 58.3 Å². The number of esters is 1. The van der Waals surface area contributed by atoms with Crippen molar-refractivity contribution < 1.29 is 24.1 Å². The highest BCUT2D eigenvalue weighted by molar-refractivity contribution is 5.72. The van der Waals surface area contributed by atoms with Gasteiger partial charge in [0, 0.05) is 24.7 Å². The zero-order chi connectivity index (χ0) is 17.0. The minimum Gasteiger partial charge on any atom is -0.462 e. The lowest BCUT2D eigenvalue weighted by Gasteiger charge is -2.25. The van der Waals surface area contributed by atoms with Crippen LogP contribution in [0.5, 0.6) is 0 Å². The van der Waals surface area contributed by atoms with Gasteiger partial charge in [0.2, 0.25) is 0 Å². The Labute approximate surface area is 144 Å². The molecule has 0 amide bonds. The zero-order valence-electron chi connectivity index (χ0n) is 14.6. The summed E-state index contributed by atoms with van der Waals surface area (Å²) in [4.78, 5) is 11.5. The molecule has 0 aromatic carbocycles. The Morgan fingerprint density at radius 2 is 1.96 bits per heavy atom. The Morgan fingerprint density at radius 1 is 1.21 bits per heavy atom. The van der Waals surface area contributed by atoms with Crippen molar-refractivity contribution >= 4 is 5.97 Å². The Bertz CT molecular complexity index is 455. The third-order valence-corrected chi connectivity index (χ3v) is 5.55. The number of hydrogen-bond acceptors (Lipinski definition) is 5. The third-order valence-electron chi connectivity index (χ3n) is 5.55. The molecular formula is C19H30O5. The van der Waals surface area contributed by atoms with Crippen molar-refractivity contribution in [2.75, 3.05) is 13.2 Å². The SMILES string of the molecule is CCCCCCCC1(C=C[C@@H]2[C@H]3CC(=O)O[C@H]3C[C@H]2O)OCCO1. The molecule has 2 saturated heterocycles. The summed E-state index contributed by atoms with van der Waals surface area (Å²) in [6.45, 7) is 3.44. The van der Waals surface area contributed by atoms with Gasteiger partial charge in [0.1, 0.15) is 6.10 Å². The summed E-state index contributed by atoms with van der Waals surface area (Å²) >= 11 is 0. The molecule has 3 rings (SSSR count). The van der Waals surface area contributed by atoms with E-state index in [9.17, 15) is 9.90 Å². The van der Waals surface area contributed by atoms with Crippen LogP contribution < -0.4 is 0 Å². The van der Waals surface area contributed by atoms with Crippen molar-refractivity contribution in [1.82, 2.24) is 0 Å². The second kappa shape index (κ2) is 7.98. The van der Waals surface area contributed by atoms with Crippen LogP contribution in [0.3, 0.4) is 0 Å². The molecule has 1 N–H and O–H groups in total. The number of aliphatic hydroxyl groups is 1. The van der Waals surface area contributed by atoms with Gasteiger partial charge >= 0.3 is 5.97 Å². The fourth-order valence-electron chi connectivity index (χ4n) is 4.21. The van der Waals surface area contributed by atoms with Crippen LogP contribution in [0.4, 0.5) is 0 Å². The van der Waals surface area contributed by atoms with Crippen molar-refractivity contribution in [1.29, 1.82) is 0 Å². The van der Waals surface area contributed by atoms with Crippen molar-refractivity contribution in [3.8, 4) is 0 Å². The molecule has 0 aromatic rings. The molecule has 136 valence electrons. The summed E-state index contributed by atoms with van der Waals surface area (Å²) in [5.74, 6) is -0.750. The van der Waals surface area contributed by atoms with Gasteiger partial charge in [-0.15, -0.1) is 0 Å². The first-order chi connectivity index (χ1) is 11.6. The van der Waals surface area contributed by atoms with Gasteiger partial charge in [0.25, 0.3) is 0 Å². The van der Waals surface area contributed by atoms with Crippen molar-refractivity contribution in [2.24, 2.45) is 11.8 Å². The minimum absolute atomic E-state index is 0.0498. The van der Waals surface area contributed by atoms with Gasteiger partial charge in [-0.2, -0.15) is 0 Å². The van der Waals surface area contributed by atoms with Gasteiger partial charge in [-0.25, -0.2) is 0 Å². The first-order valence-corrected chi connectivity index (χ1v) is 9.48. The van der Waals surface area contributed by atoms with Crippen LogP contribution in [0.15, 0.2) is 12.2 Å². The summed E-state index contributed by atoms with van der Waals surface area (Å²) < 4.78 is 17.1. The zero-order valence-corrected chi connectivity index (χ0v) is 14.6. The van der Waals surface area contributed by atoms with E-state index in [-0.39, 0.29) is 23.9 Å². The third kappa shape index (κ3) is 4.01. The number of hydrogen-bond donors (Lipinski definition) is 1. The fourth-order valence-corrected chi connectivity index (χ4v) is 4.21. The standard InChI is InChI=1S/C19H30O5/c1-2-3-4-5-6-8-19(22-10-11-23-19)9-7-14-15-12-18(21)24-17(15)13-16(14)20/h7,9,14-17,20H,2-6,8,10-13H2,1H3/t14-,15-,16-,17+/m1/s1. The summed E-state index contributed by atoms with van der Waals surface area (Å²) in [6, 6.07) is 0. The molecule has 4 atom stereocenters. The van der Waals surface area contributed by atoms with E-state index in [1.807, 2.05) is 12.2 Å².